The van der Waals surface area contributed by atoms with Crippen molar-refractivity contribution in [3.8, 4) is 5.75 Å². The first kappa shape index (κ1) is 21.3. The van der Waals surface area contributed by atoms with Crippen LogP contribution in [-0.4, -0.2) is 51.2 Å². The van der Waals surface area contributed by atoms with Gasteiger partial charge in [0.1, 0.15) is 12.4 Å². The SMILES string of the molecule is CCCCCC(C)NC(=NC)NCc1cccc(OCCN(C)C)c1. The molecule has 2 N–H and O–H groups in total. The van der Waals surface area contributed by atoms with Gasteiger partial charge >= 0.3 is 0 Å². The van der Waals surface area contributed by atoms with Gasteiger partial charge in [-0.3, -0.25) is 4.99 Å². The molecule has 0 saturated heterocycles. The topological polar surface area (TPSA) is 48.9 Å². The first-order chi connectivity index (χ1) is 12.0. The number of nitrogens with one attached hydrogen (secondary N) is 2. The van der Waals surface area contributed by atoms with Gasteiger partial charge in [-0.25, -0.2) is 0 Å². The summed E-state index contributed by atoms with van der Waals surface area (Å²) in [5.74, 6) is 1.76. The molecule has 5 heteroatoms. The van der Waals surface area contributed by atoms with E-state index in [1.165, 1.54) is 31.2 Å². The van der Waals surface area contributed by atoms with Crippen molar-refractivity contribution >= 4 is 5.96 Å². The number of hydrogen-bond acceptors (Lipinski definition) is 3. The van der Waals surface area contributed by atoms with Crippen LogP contribution in [0.15, 0.2) is 29.3 Å². The Kier molecular flexibility index (Phi) is 10.7. The van der Waals surface area contributed by atoms with Crippen LogP contribution >= 0.6 is 0 Å². The molecule has 0 amide bonds. The van der Waals surface area contributed by atoms with Gasteiger partial charge in [-0.15, -0.1) is 0 Å². The van der Waals surface area contributed by atoms with Crippen LogP contribution in [0.5, 0.6) is 5.75 Å². The Morgan fingerprint density at radius 3 is 2.76 bits per heavy atom. The molecule has 1 aromatic carbocycles. The standard InChI is InChI=1S/C20H36N4O/c1-6-7-8-10-17(2)23-20(21-3)22-16-18-11-9-12-19(15-18)25-14-13-24(4)5/h9,11-12,15,17H,6-8,10,13-14,16H2,1-5H3,(H2,21,22,23). The fourth-order valence-electron chi connectivity index (χ4n) is 2.48. The summed E-state index contributed by atoms with van der Waals surface area (Å²) in [6.07, 6.45) is 4.98. The number of rotatable bonds is 11. The molecule has 0 radical (unpaired) electrons. The number of unbranched alkanes of at least 4 members (excludes halogenated alkanes) is 2. The molecular weight excluding hydrogens is 312 g/mol. The number of likely N-dealkylation sites (N-methyl/N-ethyl adjacent to an activating group) is 1. The minimum Gasteiger partial charge on any atom is -0.492 e. The summed E-state index contributed by atoms with van der Waals surface area (Å²) in [4.78, 5) is 6.43. The molecule has 5 nitrogen and oxygen atoms in total. The van der Waals surface area contributed by atoms with E-state index in [0.717, 1.165) is 24.8 Å². The maximum atomic E-state index is 5.79. The highest BCUT2D eigenvalue weighted by Crippen LogP contribution is 2.13. The van der Waals surface area contributed by atoms with Crippen LogP contribution in [0.25, 0.3) is 0 Å². The summed E-state index contributed by atoms with van der Waals surface area (Å²) in [6.45, 7) is 6.78. The molecule has 1 unspecified atom stereocenters. The van der Waals surface area contributed by atoms with Gasteiger partial charge in [0, 0.05) is 26.2 Å². The van der Waals surface area contributed by atoms with Gasteiger partial charge in [0.25, 0.3) is 0 Å². The van der Waals surface area contributed by atoms with Crippen molar-refractivity contribution in [3.05, 3.63) is 29.8 Å². The lowest BCUT2D eigenvalue weighted by molar-refractivity contribution is 0.261. The lowest BCUT2D eigenvalue weighted by Gasteiger charge is -2.18. The normalized spacial score (nSPS) is 13.0. The number of nitrogens with zero attached hydrogens (tertiary/aromatic N) is 2. The quantitative estimate of drug-likeness (QED) is 0.366. The fourth-order valence-corrected chi connectivity index (χ4v) is 2.48. The third kappa shape index (κ3) is 9.97. The van der Waals surface area contributed by atoms with Gasteiger partial charge in [-0.2, -0.15) is 0 Å². The van der Waals surface area contributed by atoms with E-state index in [2.05, 4.69) is 46.5 Å². The number of ether oxygens (including phenoxy) is 1. The maximum absolute atomic E-state index is 5.79. The Balaban J connectivity index is 2.41. The summed E-state index contributed by atoms with van der Waals surface area (Å²) in [5.41, 5.74) is 1.18. The van der Waals surface area contributed by atoms with Gasteiger partial charge in [0.15, 0.2) is 5.96 Å². The van der Waals surface area contributed by atoms with Gasteiger partial charge < -0.3 is 20.3 Å². The van der Waals surface area contributed by atoms with Crippen molar-refractivity contribution in [1.82, 2.24) is 15.5 Å². The first-order valence-electron chi connectivity index (χ1n) is 9.38. The molecule has 0 aliphatic heterocycles. The lowest BCUT2D eigenvalue weighted by atomic mass is 10.1. The van der Waals surface area contributed by atoms with Crippen LogP contribution in [0, 0.1) is 0 Å². The zero-order valence-corrected chi connectivity index (χ0v) is 16.6. The third-order valence-corrected chi connectivity index (χ3v) is 4.01. The van der Waals surface area contributed by atoms with Crippen LogP contribution in [0.4, 0.5) is 0 Å². The highest BCUT2D eigenvalue weighted by molar-refractivity contribution is 5.79. The van der Waals surface area contributed by atoms with E-state index in [0.29, 0.717) is 12.6 Å². The Bertz CT molecular complexity index is 502. The molecule has 0 bridgehead atoms. The van der Waals surface area contributed by atoms with Gasteiger partial charge in [0.2, 0.25) is 0 Å². The number of aliphatic imine (C=N–C) groups is 1. The second-order valence-electron chi connectivity index (χ2n) is 6.77. The monoisotopic (exact) mass is 348 g/mol. The molecule has 0 fully saturated rings. The van der Waals surface area contributed by atoms with Crippen molar-refractivity contribution in [2.24, 2.45) is 4.99 Å². The zero-order valence-electron chi connectivity index (χ0n) is 16.6. The van der Waals surface area contributed by atoms with E-state index in [-0.39, 0.29) is 0 Å². The summed E-state index contributed by atoms with van der Waals surface area (Å²) in [5, 5.41) is 6.84. The third-order valence-electron chi connectivity index (χ3n) is 4.01. The number of benzene rings is 1. The van der Waals surface area contributed by atoms with Gasteiger partial charge in [-0.1, -0.05) is 38.3 Å². The Hall–Kier alpha value is -1.75. The van der Waals surface area contributed by atoms with E-state index >= 15 is 0 Å². The van der Waals surface area contributed by atoms with Crippen LogP contribution in [0.3, 0.4) is 0 Å². The molecule has 1 aromatic rings. The molecular formula is C20H36N4O. The zero-order chi connectivity index (χ0) is 18.5. The van der Waals surface area contributed by atoms with Crippen LogP contribution in [0.2, 0.25) is 0 Å². The number of hydrogen-bond donors (Lipinski definition) is 2. The average molecular weight is 349 g/mol. The minimum absolute atomic E-state index is 0.429. The first-order valence-corrected chi connectivity index (χ1v) is 9.38. The highest BCUT2D eigenvalue weighted by Gasteiger charge is 2.05. The van der Waals surface area contributed by atoms with Crippen molar-refractivity contribution < 1.29 is 4.74 Å². The van der Waals surface area contributed by atoms with Crippen LogP contribution in [0.1, 0.15) is 45.1 Å². The van der Waals surface area contributed by atoms with Gasteiger partial charge in [-0.05, 0) is 45.1 Å². The van der Waals surface area contributed by atoms with Crippen LogP contribution in [-0.2, 0) is 6.54 Å². The van der Waals surface area contributed by atoms with E-state index in [9.17, 15) is 0 Å². The van der Waals surface area contributed by atoms with Crippen molar-refractivity contribution in [3.63, 3.8) is 0 Å². The molecule has 1 atom stereocenters. The highest BCUT2D eigenvalue weighted by atomic mass is 16.5. The average Bonchev–Trinajstić information content (AvgIpc) is 2.59. The summed E-state index contributed by atoms with van der Waals surface area (Å²) in [7, 11) is 5.91. The molecule has 142 valence electrons. The summed E-state index contributed by atoms with van der Waals surface area (Å²) < 4.78 is 5.79. The predicted molar refractivity (Wildman–Crippen MR) is 107 cm³/mol. The molecule has 0 aliphatic carbocycles. The predicted octanol–water partition coefficient (Wildman–Crippen LogP) is 3.26. The van der Waals surface area contributed by atoms with Gasteiger partial charge in [0.05, 0.1) is 0 Å². The molecule has 0 heterocycles. The Morgan fingerprint density at radius 2 is 2.08 bits per heavy atom. The molecule has 1 rings (SSSR count). The lowest BCUT2D eigenvalue weighted by Crippen LogP contribution is -2.41. The van der Waals surface area contributed by atoms with Crippen molar-refractivity contribution in [2.45, 2.75) is 52.1 Å². The van der Waals surface area contributed by atoms with Crippen LogP contribution < -0.4 is 15.4 Å². The van der Waals surface area contributed by atoms with E-state index in [1.54, 1.807) is 0 Å². The summed E-state index contributed by atoms with van der Waals surface area (Å²) >= 11 is 0. The second kappa shape index (κ2) is 12.6. The molecule has 0 saturated carbocycles. The summed E-state index contributed by atoms with van der Waals surface area (Å²) in [6, 6.07) is 8.65. The maximum Gasteiger partial charge on any atom is 0.191 e. The van der Waals surface area contributed by atoms with Crippen molar-refractivity contribution in [1.29, 1.82) is 0 Å². The van der Waals surface area contributed by atoms with E-state index in [4.69, 9.17) is 4.74 Å². The molecule has 25 heavy (non-hydrogen) atoms. The smallest absolute Gasteiger partial charge is 0.191 e. The minimum atomic E-state index is 0.429. The molecule has 0 aromatic heterocycles. The second-order valence-corrected chi connectivity index (χ2v) is 6.77. The fraction of sp³-hybridized carbons (Fsp3) is 0.650. The number of guanidine groups is 1. The Labute approximate surface area is 153 Å². The molecule has 0 spiro atoms. The van der Waals surface area contributed by atoms with E-state index < -0.39 is 0 Å². The van der Waals surface area contributed by atoms with Crippen molar-refractivity contribution in [2.75, 3.05) is 34.3 Å². The largest absolute Gasteiger partial charge is 0.492 e. The molecule has 0 aliphatic rings. The Morgan fingerprint density at radius 1 is 1.28 bits per heavy atom. The van der Waals surface area contributed by atoms with E-state index in [1.807, 2.05) is 33.3 Å².